The topological polar surface area (TPSA) is 49.8 Å². The molecular weight excluding hydrogens is 329 g/mol. The minimum absolute atomic E-state index is 0.0269. The number of hydrogen-bond acceptors (Lipinski definition) is 4. The summed E-state index contributed by atoms with van der Waals surface area (Å²) in [6, 6.07) is 6.69. The summed E-state index contributed by atoms with van der Waals surface area (Å²) in [6.45, 7) is 7.71. The highest BCUT2D eigenvalue weighted by Crippen LogP contribution is 2.31. The molecule has 0 aliphatic rings. The highest BCUT2D eigenvalue weighted by atomic mass is 19.4. The third-order valence-corrected chi connectivity index (χ3v) is 4.00. The molecule has 1 atom stereocenters. The SMILES string of the molecule is CCc1cccc(C)c1Nc1cc(C(F)(F)F)nc(N[C@@H](C)CC)n1. The van der Waals surface area contributed by atoms with E-state index in [0.717, 1.165) is 35.7 Å². The van der Waals surface area contributed by atoms with Crippen LogP contribution in [0.4, 0.5) is 30.6 Å². The number of halogens is 3. The maximum atomic E-state index is 13.2. The number of nitrogens with one attached hydrogen (secondary N) is 2. The molecule has 0 fully saturated rings. The normalized spacial score (nSPS) is 12.8. The molecule has 2 aromatic rings. The number of rotatable bonds is 6. The molecule has 0 amide bonds. The fourth-order valence-corrected chi connectivity index (χ4v) is 2.37. The average molecular weight is 352 g/mol. The van der Waals surface area contributed by atoms with Crippen LogP contribution >= 0.6 is 0 Å². The number of nitrogens with zero attached hydrogens (tertiary/aromatic N) is 2. The molecule has 2 N–H and O–H groups in total. The van der Waals surface area contributed by atoms with Gasteiger partial charge in [0.2, 0.25) is 5.95 Å². The summed E-state index contributed by atoms with van der Waals surface area (Å²) in [5.74, 6) is 0.0930. The lowest BCUT2D eigenvalue weighted by molar-refractivity contribution is -0.141. The summed E-state index contributed by atoms with van der Waals surface area (Å²) in [7, 11) is 0. The van der Waals surface area contributed by atoms with Gasteiger partial charge in [-0.3, -0.25) is 0 Å². The standard InChI is InChI=1S/C18H23F3N4/c1-5-12(4)22-17-23-14(18(19,20)21)10-15(25-17)24-16-11(3)8-7-9-13(16)6-2/h7-10,12H,5-6H2,1-4H3,(H2,22,23,24,25)/t12-/m0/s1. The molecule has 0 spiro atoms. The van der Waals surface area contributed by atoms with Gasteiger partial charge in [-0.05, 0) is 37.8 Å². The van der Waals surface area contributed by atoms with Crippen LogP contribution in [0.1, 0.15) is 44.0 Å². The maximum absolute atomic E-state index is 13.2. The average Bonchev–Trinajstić information content (AvgIpc) is 2.55. The molecule has 7 heteroatoms. The van der Waals surface area contributed by atoms with E-state index in [2.05, 4.69) is 20.6 Å². The highest BCUT2D eigenvalue weighted by Gasteiger charge is 2.34. The van der Waals surface area contributed by atoms with Crippen LogP contribution in [0.15, 0.2) is 24.3 Å². The lowest BCUT2D eigenvalue weighted by Gasteiger charge is -2.17. The van der Waals surface area contributed by atoms with Gasteiger partial charge in [-0.1, -0.05) is 32.0 Å². The van der Waals surface area contributed by atoms with Crippen molar-refractivity contribution in [2.75, 3.05) is 10.6 Å². The van der Waals surface area contributed by atoms with E-state index < -0.39 is 11.9 Å². The van der Waals surface area contributed by atoms with E-state index >= 15 is 0 Å². The predicted molar refractivity (Wildman–Crippen MR) is 94.2 cm³/mol. The summed E-state index contributed by atoms with van der Waals surface area (Å²) >= 11 is 0. The molecule has 1 aromatic heterocycles. The second-order valence-electron chi connectivity index (χ2n) is 6.00. The first-order chi connectivity index (χ1) is 11.7. The van der Waals surface area contributed by atoms with Crippen molar-refractivity contribution in [3.63, 3.8) is 0 Å². The van der Waals surface area contributed by atoms with Crippen LogP contribution in [0.25, 0.3) is 0 Å². The molecule has 0 bridgehead atoms. The maximum Gasteiger partial charge on any atom is 0.433 e. The highest BCUT2D eigenvalue weighted by molar-refractivity contribution is 5.65. The van der Waals surface area contributed by atoms with Gasteiger partial charge in [-0.2, -0.15) is 18.2 Å². The van der Waals surface area contributed by atoms with Crippen LogP contribution in [0.2, 0.25) is 0 Å². The van der Waals surface area contributed by atoms with Gasteiger partial charge < -0.3 is 10.6 Å². The molecule has 136 valence electrons. The Bertz CT molecular complexity index is 729. The molecule has 0 unspecified atom stereocenters. The van der Waals surface area contributed by atoms with Gasteiger partial charge in [0.15, 0.2) is 5.69 Å². The minimum Gasteiger partial charge on any atom is -0.352 e. The third-order valence-electron chi connectivity index (χ3n) is 4.00. The Morgan fingerprint density at radius 2 is 1.88 bits per heavy atom. The molecule has 4 nitrogen and oxygen atoms in total. The van der Waals surface area contributed by atoms with E-state index in [9.17, 15) is 13.2 Å². The van der Waals surface area contributed by atoms with Crippen LogP contribution < -0.4 is 10.6 Å². The number of benzene rings is 1. The Labute approximate surface area is 145 Å². The fraction of sp³-hybridized carbons (Fsp3) is 0.444. The van der Waals surface area contributed by atoms with E-state index in [0.29, 0.717) is 0 Å². The van der Waals surface area contributed by atoms with E-state index in [-0.39, 0.29) is 17.8 Å². The van der Waals surface area contributed by atoms with Gasteiger partial charge in [-0.25, -0.2) is 4.98 Å². The van der Waals surface area contributed by atoms with Gasteiger partial charge in [-0.15, -0.1) is 0 Å². The number of anilines is 3. The van der Waals surface area contributed by atoms with E-state index in [4.69, 9.17) is 0 Å². The number of para-hydroxylation sites is 1. The summed E-state index contributed by atoms with van der Waals surface area (Å²) in [5, 5.41) is 5.96. The number of hydrogen-bond donors (Lipinski definition) is 2. The summed E-state index contributed by atoms with van der Waals surface area (Å²) in [5.41, 5.74) is 1.78. The first-order valence-electron chi connectivity index (χ1n) is 8.32. The van der Waals surface area contributed by atoms with Crippen molar-refractivity contribution in [1.29, 1.82) is 0 Å². The Kier molecular flexibility index (Phi) is 5.87. The first kappa shape index (κ1) is 19.0. The Balaban J connectivity index is 2.45. The molecule has 1 heterocycles. The minimum atomic E-state index is -4.54. The molecule has 1 aromatic carbocycles. The van der Waals surface area contributed by atoms with Crippen LogP contribution in [0.5, 0.6) is 0 Å². The number of aryl methyl sites for hydroxylation is 2. The third kappa shape index (κ3) is 4.84. The summed E-state index contributed by atoms with van der Waals surface area (Å²) in [4.78, 5) is 7.83. The zero-order valence-electron chi connectivity index (χ0n) is 14.8. The molecule has 25 heavy (non-hydrogen) atoms. The number of alkyl halides is 3. The van der Waals surface area contributed by atoms with Crippen LogP contribution in [-0.2, 0) is 12.6 Å². The molecule has 0 aliphatic heterocycles. The van der Waals surface area contributed by atoms with Crippen molar-refractivity contribution >= 4 is 17.5 Å². The van der Waals surface area contributed by atoms with Crippen molar-refractivity contribution < 1.29 is 13.2 Å². The smallest absolute Gasteiger partial charge is 0.352 e. The Hall–Kier alpha value is -2.31. The van der Waals surface area contributed by atoms with Crippen molar-refractivity contribution in [1.82, 2.24) is 9.97 Å². The monoisotopic (exact) mass is 352 g/mol. The van der Waals surface area contributed by atoms with Crippen molar-refractivity contribution in [3.05, 3.63) is 41.1 Å². The summed E-state index contributed by atoms with van der Waals surface area (Å²) in [6.07, 6.45) is -3.02. The van der Waals surface area contributed by atoms with Crippen LogP contribution in [-0.4, -0.2) is 16.0 Å². The zero-order chi connectivity index (χ0) is 18.6. The van der Waals surface area contributed by atoms with Gasteiger partial charge in [0.1, 0.15) is 5.82 Å². The summed E-state index contributed by atoms with van der Waals surface area (Å²) < 4.78 is 39.6. The Morgan fingerprint density at radius 3 is 2.48 bits per heavy atom. The largest absolute Gasteiger partial charge is 0.433 e. The Morgan fingerprint density at radius 1 is 1.16 bits per heavy atom. The predicted octanol–water partition coefficient (Wildman–Crippen LogP) is 5.32. The number of aromatic nitrogens is 2. The van der Waals surface area contributed by atoms with Crippen LogP contribution in [0.3, 0.4) is 0 Å². The second-order valence-corrected chi connectivity index (χ2v) is 6.00. The molecule has 2 rings (SSSR count). The molecule has 0 radical (unpaired) electrons. The van der Waals surface area contributed by atoms with Gasteiger partial charge in [0, 0.05) is 17.8 Å². The van der Waals surface area contributed by atoms with Crippen molar-refractivity contribution in [2.45, 2.75) is 52.8 Å². The fourth-order valence-electron chi connectivity index (χ4n) is 2.37. The lowest BCUT2D eigenvalue weighted by atomic mass is 10.1. The van der Waals surface area contributed by atoms with E-state index in [1.165, 1.54) is 0 Å². The van der Waals surface area contributed by atoms with Gasteiger partial charge >= 0.3 is 6.18 Å². The molecule has 0 saturated heterocycles. The first-order valence-corrected chi connectivity index (χ1v) is 8.32. The van der Waals surface area contributed by atoms with Gasteiger partial charge in [0.25, 0.3) is 0 Å². The second kappa shape index (κ2) is 7.72. The van der Waals surface area contributed by atoms with Crippen LogP contribution in [0, 0.1) is 6.92 Å². The zero-order valence-corrected chi connectivity index (χ0v) is 14.8. The van der Waals surface area contributed by atoms with Gasteiger partial charge in [0.05, 0.1) is 0 Å². The van der Waals surface area contributed by atoms with Crippen molar-refractivity contribution in [2.24, 2.45) is 0 Å². The molecule has 0 saturated carbocycles. The molecular formula is C18H23F3N4. The lowest BCUT2D eigenvalue weighted by Crippen LogP contribution is -2.19. The van der Waals surface area contributed by atoms with Crippen molar-refractivity contribution in [3.8, 4) is 0 Å². The quantitative estimate of drug-likeness (QED) is 0.739. The van der Waals surface area contributed by atoms with E-state index in [1.807, 2.05) is 45.9 Å². The van der Waals surface area contributed by atoms with E-state index in [1.54, 1.807) is 0 Å². The molecule has 0 aliphatic carbocycles.